The Hall–Kier alpha value is -2.81. The third-order valence-electron chi connectivity index (χ3n) is 6.67. The molecule has 2 aromatic carbocycles. The van der Waals surface area contributed by atoms with E-state index in [0.717, 1.165) is 61.1 Å². The van der Waals surface area contributed by atoms with Gasteiger partial charge in [-0.05, 0) is 61.7 Å². The van der Waals surface area contributed by atoms with E-state index in [4.69, 9.17) is 4.98 Å². The van der Waals surface area contributed by atoms with E-state index in [0.29, 0.717) is 24.3 Å². The fraction of sp³-hybridized carbons (Fsp3) is 0.360. The number of aryl methyl sites for hydroxylation is 1. The van der Waals surface area contributed by atoms with Crippen molar-refractivity contribution in [3.63, 3.8) is 0 Å². The second-order valence-corrected chi connectivity index (χ2v) is 10.5. The molecule has 7 nitrogen and oxygen atoms in total. The second-order valence-electron chi connectivity index (χ2n) is 8.60. The molecule has 0 saturated carbocycles. The maximum atomic E-state index is 13.3. The third-order valence-corrected chi connectivity index (χ3v) is 8.59. The summed E-state index contributed by atoms with van der Waals surface area (Å²) in [6.45, 7) is 5.49. The first-order valence-electron chi connectivity index (χ1n) is 11.5. The van der Waals surface area contributed by atoms with Crippen molar-refractivity contribution in [3.8, 4) is 0 Å². The number of aromatic nitrogens is 1. The van der Waals surface area contributed by atoms with Crippen molar-refractivity contribution in [1.82, 2.24) is 14.2 Å². The van der Waals surface area contributed by atoms with Crippen molar-refractivity contribution < 1.29 is 13.2 Å². The molecule has 2 heterocycles. The van der Waals surface area contributed by atoms with Crippen molar-refractivity contribution in [2.75, 3.05) is 38.0 Å². The maximum absolute atomic E-state index is 13.3. The summed E-state index contributed by atoms with van der Waals surface area (Å²) in [5, 5.41) is 3.82. The number of carbonyl (C=O) groups is 1. The number of amides is 1. The van der Waals surface area contributed by atoms with E-state index < -0.39 is 10.0 Å². The number of carbonyl (C=O) groups excluding carboxylic acids is 1. The summed E-state index contributed by atoms with van der Waals surface area (Å²) in [5.41, 5.74) is 4.11. The number of piperazine rings is 1. The third kappa shape index (κ3) is 4.14. The Bertz CT molecular complexity index is 1300. The number of hydrogen-bond donors (Lipinski definition) is 1. The van der Waals surface area contributed by atoms with E-state index in [1.165, 1.54) is 0 Å². The molecule has 1 saturated heterocycles. The molecule has 172 valence electrons. The molecule has 8 heteroatoms. The number of nitrogens with one attached hydrogen (secondary N) is 1. The van der Waals surface area contributed by atoms with Crippen LogP contribution in [0.25, 0.3) is 10.9 Å². The van der Waals surface area contributed by atoms with Gasteiger partial charge in [-0.1, -0.05) is 25.1 Å². The molecule has 1 aliphatic carbocycles. The van der Waals surface area contributed by atoms with E-state index >= 15 is 0 Å². The number of anilines is 1. The normalized spacial score (nSPS) is 17.2. The lowest BCUT2D eigenvalue weighted by molar-refractivity contribution is 0.102. The van der Waals surface area contributed by atoms with Gasteiger partial charge in [0.15, 0.2) is 0 Å². The van der Waals surface area contributed by atoms with Crippen molar-refractivity contribution in [2.45, 2.75) is 31.1 Å². The number of fused-ring (bicyclic) bond motifs is 2. The van der Waals surface area contributed by atoms with Crippen molar-refractivity contribution >= 4 is 32.5 Å². The van der Waals surface area contributed by atoms with Gasteiger partial charge in [-0.2, -0.15) is 4.31 Å². The van der Waals surface area contributed by atoms with E-state index in [1.54, 1.807) is 28.6 Å². The molecule has 0 radical (unpaired) electrons. The lowest BCUT2D eigenvalue weighted by Gasteiger charge is -2.33. The van der Waals surface area contributed by atoms with Gasteiger partial charge in [-0.15, -0.1) is 0 Å². The maximum Gasteiger partial charge on any atom is 0.256 e. The molecule has 1 aliphatic heterocycles. The Balaban J connectivity index is 1.37. The number of hydrogen-bond acceptors (Lipinski definition) is 5. The minimum atomic E-state index is -3.54. The highest BCUT2D eigenvalue weighted by Gasteiger charge is 2.28. The molecule has 2 aliphatic rings. The Morgan fingerprint density at radius 3 is 2.45 bits per heavy atom. The smallest absolute Gasteiger partial charge is 0.256 e. The van der Waals surface area contributed by atoms with Crippen LogP contribution < -0.4 is 5.32 Å². The van der Waals surface area contributed by atoms with Gasteiger partial charge in [0.1, 0.15) is 0 Å². The summed E-state index contributed by atoms with van der Waals surface area (Å²) in [4.78, 5) is 20.5. The molecule has 5 rings (SSSR count). The predicted octanol–water partition coefficient (Wildman–Crippen LogP) is 3.30. The summed E-state index contributed by atoms with van der Waals surface area (Å²) < 4.78 is 27.6. The van der Waals surface area contributed by atoms with Gasteiger partial charge in [0.25, 0.3) is 5.91 Å². The fourth-order valence-corrected chi connectivity index (χ4v) is 6.23. The molecule has 1 aromatic heterocycles. The van der Waals surface area contributed by atoms with E-state index in [-0.39, 0.29) is 10.8 Å². The number of likely N-dealkylation sites (N-methyl/N-ethyl adjacent to an activating group) is 1. The molecule has 1 amide bonds. The van der Waals surface area contributed by atoms with E-state index in [1.807, 2.05) is 24.3 Å². The van der Waals surface area contributed by atoms with Crippen LogP contribution >= 0.6 is 0 Å². The SMILES string of the molecule is CCN1CCN(S(=O)(=O)c2ccc(NC(=O)c3c4c(nc5ccccc35)CCC4)cc2)CC1. The standard InChI is InChI=1S/C25H28N4O3S/c1-2-28-14-16-29(17-15-28)33(31,32)19-12-10-18(11-13-19)26-25(30)24-20-6-3-4-8-22(20)27-23-9-5-7-21(23)24/h3-4,6,8,10-13H,2,5,7,9,14-17H2,1H3,(H,26,30). The molecule has 0 bridgehead atoms. The number of benzene rings is 2. The average Bonchev–Trinajstić information content (AvgIpc) is 3.30. The minimum absolute atomic E-state index is 0.182. The molecule has 1 N–H and O–H groups in total. The van der Waals surface area contributed by atoms with E-state index in [9.17, 15) is 13.2 Å². The summed E-state index contributed by atoms with van der Waals surface area (Å²) in [7, 11) is -3.54. The lowest BCUT2D eigenvalue weighted by Crippen LogP contribution is -2.48. The molecule has 1 fully saturated rings. The largest absolute Gasteiger partial charge is 0.322 e. The fourth-order valence-electron chi connectivity index (χ4n) is 4.81. The topological polar surface area (TPSA) is 82.6 Å². The second kappa shape index (κ2) is 8.85. The van der Waals surface area contributed by atoms with Crippen LogP contribution in [0.3, 0.4) is 0 Å². The van der Waals surface area contributed by atoms with Gasteiger partial charge in [-0.3, -0.25) is 9.78 Å². The van der Waals surface area contributed by atoms with Crippen LogP contribution in [0.1, 0.15) is 35.0 Å². The summed E-state index contributed by atoms with van der Waals surface area (Å²) in [6, 6.07) is 14.2. The predicted molar refractivity (Wildman–Crippen MR) is 129 cm³/mol. The number of para-hydroxylation sites is 1. The highest BCUT2D eigenvalue weighted by molar-refractivity contribution is 7.89. The summed E-state index contributed by atoms with van der Waals surface area (Å²) >= 11 is 0. The number of rotatable bonds is 5. The van der Waals surface area contributed by atoms with Gasteiger partial charge in [0.2, 0.25) is 10.0 Å². The van der Waals surface area contributed by atoms with Gasteiger partial charge >= 0.3 is 0 Å². The number of nitrogens with zero attached hydrogens (tertiary/aromatic N) is 3. The Kier molecular flexibility index (Phi) is 5.90. The van der Waals surface area contributed by atoms with Crippen LogP contribution in [-0.4, -0.2) is 61.2 Å². The lowest BCUT2D eigenvalue weighted by atomic mass is 10.0. The van der Waals surface area contributed by atoms with Crippen LogP contribution in [0.5, 0.6) is 0 Å². The molecule has 0 atom stereocenters. The molecular weight excluding hydrogens is 436 g/mol. The molecule has 33 heavy (non-hydrogen) atoms. The first-order valence-corrected chi connectivity index (χ1v) is 13.0. The van der Waals surface area contributed by atoms with Gasteiger partial charge in [-0.25, -0.2) is 8.42 Å². The van der Waals surface area contributed by atoms with Crippen molar-refractivity contribution in [1.29, 1.82) is 0 Å². The van der Waals surface area contributed by atoms with E-state index in [2.05, 4.69) is 17.1 Å². The van der Waals surface area contributed by atoms with Crippen LogP contribution in [0.2, 0.25) is 0 Å². The summed E-state index contributed by atoms with van der Waals surface area (Å²) in [5.74, 6) is -0.182. The van der Waals surface area contributed by atoms with Gasteiger partial charge < -0.3 is 10.2 Å². The number of sulfonamides is 1. The highest BCUT2D eigenvalue weighted by atomic mass is 32.2. The zero-order valence-electron chi connectivity index (χ0n) is 18.8. The average molecular weight is 465 g/mol. The van der Waals surface area contributed by atoms with Crippen LogP contribution in [-0.2, 0) is 22.9 Å². The van der Waals surface area contributed by atoms with Crippen molar-refractivity contribution in [3.05, 3.63) is 65.4 Å². The zero-order chi connectivity index (χ0) is 23.0. The van der Waals surface area contributed by atoms with Gasteiger partial charge in [0.05, 0.1) is 16.0 Å². The molecular formula is C25H28N4O3S. The monoisotopic (exact) mass is 464 g/mol. The Morgan fingerprint density at radius 2 is 1.73 bits per heavy atom. The Morgan fingerprint density at radius 1 is 1.00 bits per heavy atom. The highest BCUT2D eigenvalue weighted by Crippen LogP contribution is 2.30. The first kappa shape index (κ1) is 22.0. The van der Waals surface area contributed by atoms with Crippen LogP contribution in [0.4, 0.5) is 5.69 Å². The Labute approximate surface area is 194 Å². The quantitative estimate of drug-likeness (QED) is 0.627. The zero-order valence-corrected chi connectivity index (χ0v) is 19.6. The molecule has 3 aromatic rings. The minimum Gasteiger partial charge on any atom is -0.322 e. The summed E-state index contributed by atoms with van der Waals surface area (Å²) in [6.07, 6.45) is 2.73. The van der Waals surface area contributed by atoms with Crippen LogP contribution in [0, 0.1) is 0 Å². The van der Waals surface area contributed by atoms with Crippen molar-refractivity contribution in [2.24, 2.45) is 0 Å². The van der Waals surface area contributed by atoms with Crippen LogP contribution in [0.15, 0.2) is 53.4 Å². The molecule has 0 unspecified atom stereocenters. The first-order chi connectivity index (χ1) is 16.0. The number of pyridine rings is 1. The molecule has 0 spiro atoms. The van der Waals surface area contributed by atoms with Gasteiger partial charge in [0, 0.05) is 42.9 Å².